The van der Waals surface area contributed by atoms with Gasteiger partial charge in [0.05, 0.1) is 29.9 Å². The third-order valence-electron chi connectivity index (χ3n) is 7.41. The number of aliphatic hydroxyl groups excluding tert-OH is 1. The molecule has 0 spiro atoms. The van der Waals surface area contributed by atoms with Crippen molar-refractivity contribution >= 4 is 23.7 Å². The van der Waals surface area contributed by atoms with Crippen LogP contribution in [0.4, 0.5) is 14.0 Å². The number of carbonyl (C=O) groups excluding carboxylic acids is 1. The van der Waals surface area contributed by atoms with Gasteiger partial charge in [-0.3, -0.25) is 0 Å². The van der Waals surface area contributed by atoms with E-state index in [2.05, 4.69) is 16.0 Å². The number of likely N-dealkylation sites (tertiary alicyclic amines) is 1. The molecule has 5 N–H and O–H groups in total. The lowest BCUT2D eigenvalue weighted by Gasteiger charge is -2.39. The van der Waals surface area contributed by atoms with E-state index in [1.54, 1.807) is 24.1 Å². The van der Waals surface area contributed by atoms with Gasteiger partial charge in [0.25, 0.3) is 0 Å². The number of urea groups is 1. The standard InChI is InChI=1S/C26H40ClFN4O5/c1-29-15-21(23(33)17-7-3-2-4-8-17)31-25(34)32-13-6-9-18(16-32)24(37-14-12-30-26(35)36)19-10-5-11-20(27)22(19)28/h5,10-11,17-18,21,23-24,29-30,33H,2-4,6-9,12-16H2,1H3,(H,31,34)(H,35,36)/t18-,21-,23+,24-/m1/s1. The summed E-state index contributed by atoms with van der Waals surface area (Å²) in [5.41, 5.74) is 0.288. The van der Waals surface area contributed by atoms with Gasteiger partial charge in [0.15, 0.2) is 0 Å². The molecule has 1 aromatic carbocycles. The molecule has 1 heterocycles. The van der Waals surface area contributed by atoms with Gasteiger partial charge in [0, 0.05) is 37.7 Å². The topological polar surface area (TPSA) is 123 Å². The fraction of sp³-hybridized carbons (Fsp3) is 0.692. The Bertz CT molecular complexity index is 889. The zero-order valence-electron chi connectivity index (χ0n) is 21.4. The molecule has 0 unspecified atom stereocenters. The van der Waals surface area contributed by atoms with Crippen molar-refractivity contribution in [3.8, 4) is 0 Å². The zero-order valence-corrected chi connectivity index (χ0v) is 22.2. The molecular weight excluding hydrogens is 503 g/mol. The molecule has 3 amide bonds. The van der Waals surface area contributed by atoms with Crippen LogP contribution in [0.1, 0.15) is 56.6 Å². The average Bonchev–Trinajstić information content (AvgIpc) is 2.90. The molecule has 11 heteroatoms. The highest BCUT2D eigenvalue weighted by molar-refractivity contribution is 6.30. The molecule has 208 valence electrons. The van der Waals surface area contributed by atoms with Crippen molar-refractivity contribution in [2.24, 2.45) is 11.8 Å². The maximum absolute atomic E-state index is 15.0. The first kappa shape index (κ1) is 29.4. The van der Waals surface area contributed by atoms with E-state index >= 15 is 0 Å². The summed E-state index contributed by atoms with van der Waals surface area (Å²) < 4.78 is 21.0. The first-order chi connectivity index (χ1) is 17.8. The fourth-order valence-corrected chi connectivity index (χ4v) is 5.72. The van der Waals surface area contributed by atoms with E-state index < -0.39 is 30.2 Å². The summed E-state index contributed by atoms with van der Waals surface area (Å²) in [4.78, 5) is 25.8. The van der Waals surface area contributed by atoms with Crippen molar-refractivity contribution in [3.05, 3.63) is 34.6 Å². The first-order valence-corrected chi connectivity index (χ1v) is 13.6. The summed E-state index contributed by atoms with van der Waals surface area (Å²) in [6.45, 7) is 1.43. The Balaban J connectivity index is 1.69. The van der Waals surface area contributed by atoms with Gasteiger partial charge in [-0.1, -0.05) is 43.0 Å². The highest BCUT2D eigenvalue weighted by atomic mass is 35.5. The second-order valence-corrected chi connectivity index (χ2v) is 10.4. The van der Waals surface area contributed by atoms with E-state index in [1.165, 1.54) is 12.5 Å². The summed E-state index contributed by atoms with van der Waals surface area (Å²) in [6, 6.07) is 4.04. The molecule has 3 rings (SSSR count). The number of carboxylic acid groups (broad SMARTS) is 1. The van der Waals surface area contributed by atoms with Gasteiger partial charge in [-0.15, -0.1) is 0 Å². The number of hydrogen-bond acceptors (Lipinski definition) is 5. The Labute approximate surface area is 223 Å². The molecule has 1 saturated heterocycles. The molecule has 0 radical (unpaired) electrons. The monoisotopic (exact) mass is 542 g/mol. The minimum atomic E-state index is -1.17. The van der Waals surface area contributed by atoms with E-state index in [-0.39, 0.29) is 41.6 Å². The molecule has 0 aromatic heterocycles. The predicted molar refractivity (Wildman–Crippen MR) is 139 cm³/mol. The van der Waals surface area contributed by atoms with Crippen LogP contribution in [0.25, 0.3) is 0 Å². The molecule has 2 aliphatic rings. The largest absolute Gasteiger partial charge is 0.465 e. The van der Waals surface area contributed by atoms with Crippen molar-refractivity contribution in [2.45, 2.75) is 63.2 Å². The predicted octanol–water partition coefficient (Wildman–Crippen LogP) is 3.76. The number of carbonyl (C=O) groups is 2. The average molecular weight is 543 g/mol. The number of rotatable bonds is 11. The maximum atomic E-state index is 15.0. The molecule has 1 aliphatic heterocycles. The highest BCUT2D eigenvalue weighted by Crippen LogP contribution is 2.36. The van der Waals surface area contributed by atoms with E-state index in [9.17, 15) is 19.1 Å². The van der Waals surface area contributed by atoms with Crippen LogP contribution in [-0.2, 0) is 4.74 Å². The smallest absolute Gasteiger partial charge is 0.404 e. The molecule has 1 aliphatic carbocycles. The van der Waals surface area contributed by atoms with E-state index in [1.807, 2.05) is 0 Å². The number of halogens is 2. The fourth-order valence-electron chi connectivity index (χ4n) is 5.54. The number of aliphatic hydroxyl groups is 1. The van der Waals surface area contributed by atoms with Crippen molar-refractivity contribution < 1.29 is 28.9 Å². The number of nitrogens with zero attached hydrogens (tertiary/aromatic N) is 1. The van der Waals surface area contributed by atoms with Gasteiger partial charge in [0.2, 0.25) is 0 Å². The van der Waals surface area contributed by atoms with Gasteiger partial charge in [0.1, 0.15) is 5.82 Å². The Kier molecular flexibility index (Phi) is 11.7. The SMILES string of the molecule is CNC[C@@H](NC(=O)N1CCC[C@@H]([C@@H](OCCNC(=O)O)c2cccc(Cl)c2F)C1)[C@@H](O)C1CCCCC1. The minimum Gasteiger partial charge on any atom is -0.465 e. The van der Waals surface area contributed by atoms with E-state index in [4.69, 9.17) is 21.4 Å². The molecule has 0 bridgehead atoms. The van der Waals surface area contributed by atoms with Crippen LogP contribution in [0.5, 0.6) is 0 Å². The lowest BCUT2D eigenvalue weighted by atomic mass is 9.82. The number of benzene rings is 1. The zero-order chi connectivity index (χ0) is 26.8. The van der Waals surface area contributed by atoms with Crippen LogP contribution >= 0.6 is 11.6 Å². The highest BCUT2D eigenvalue weighted by Gasteiger charge is 2.35. The number of hydrogen-bond donors (Lipinski definition) is 5. The number of likely N-dealkylation sites (N-methyl/N-ethyl adjacent to an activating group) is 1. The van der Waals surface area contributed by atoms with Crippen LogP contribution in [0.15, 0.2) is 18.2 Å². The molecule has 4 atom stereocenters. The second kappa shape index (κ2) is 14.7. The van der Waals surface area contributed by atoms with Gasteiger partial charge < -0.3 is 35.8 Å². The third kappa shape index (κ3) is 8.43. The lowest BCUT2D eigenvalue weighted by molar-refractivity contribution is -0.0111. The number of ether oxygens (including phenoxy) is 1. The van der Waals surface area contributed by atoms with Gasteiger partial charge >= 0.3 is 12.1 Å². The summed E-state index contributed by atoms with van der Waals surface area (Å²) in [5, 5.41) is 28.2. The Morgan fingerprint density at radius 3 is 2.62 bits per heavy atom. The Morgan fingerprint density at radius 1 is 1.19 bits per heavy atom. The van der Waals surface area contributed by atoms with Gasteiger partial charge in [-0.2, -0.15) is 0 Å². The molecule has 1 saturated carbocycles. The van der Waals surface area contributed by atoms with Crippen LogP contribution in [-0.4, -0.2) is 79.2 Å². The van der Waals surface area contributed by atoms with Gasteiger partial charge in [-0.25, -0.2) is 14.0 Å². The number of amides is 3. The van der Waals surface area contributed by atoms with Crippen LogP contribution < -0.4 is 16.0 Å². The number of nitrogens with one attached hydrogen (secondary N) is 3. The Hall–Kier alpha value is -2.14. The minimum absolute atomic E-state index is 0.0215. The van der Waals surface area contributed by atoms with Crippen molar-refractivity contribution in [1.82, 2.24) is 20.9 Å². The molecule has 37 heavy (non-hydrogen) atoms. The number of piperidine rings is 1. The lowest BCUT2D eigenvalue weighted by Crippen LogP contribution is -2.56. The van der Waals surface area contributed by atoms with Crippen molar-refractivity contribution in [3.63, 3.8) is 0 Å². The molecule has 9 nitrogen and oxygen atoms in total. The van der Waals surface area contributed by atoms with E-state index in [0.717, 1.165) is 25.7 Å². The van der Waals surface area contributed by atoms with Crippen LogP contribution in [0, 0.1) is 17.7 Å². The van der Waals surface area contributed by atoms with Crippen molar-refractivity contribution in [1.29, 1.82) is 0 Å². The quantitative estimate of drug-likeness (QED) is 0.271. The van der Waals surface area contributed by atoms with Crippen LogP contribution in [0.2, 0.25) is 5.02 Å². The normalized spacial score (nSPS) is 21.2. The summed E-state index contributed by atoms with van der Waals surface area (Å²) in [5.74, 6) is -0.626. The summed E-state index contributed by atoms with van der Waals surface area (Å²) >= 11 is 6.03. The summed E-state index contributed by atoms with van der Waals surface area (Å²) in [6.07, 6.45) is 4.21. The second-order valence-electron chi connectivity index (χ2n) is 10.0. The third-order valence-corrected chi connectivity index (χ3v) is 7.71. The van der Waals surface area contributed by atoms with Crippen molar-refractivity contribution in [2.75, 3.05) is 39.8 Å². The van der Waals surface area contributed by atoms with Crippen LogP contribution in [0.3, 0.4) is 0 Å². The van der Waals surface area contributed by atoms with Gasteiger partial charge in [-0.05, 0) is 44.7 Å². The molecular formula is C26H40ClFN4O5. The first-order valence-electron chi connectivity index (χ1n) is 13.2. The van der Waals surface area contributed by atoms with E-state index in [0.29, 0.717) is 32.5 Å². The maximum Gasteiger partial charge on any atom is 0.404 e. The molecule has 2 fully saturated rings. The summed E-state index contributed by atoms with van der Waals surface area (Å²) in [7, 11) is 1.80. The molecule has 1 aromatic rings. The Morgan fingerprint density at radius 2 is 1.92 bits per heavy atom.